The van der Waals surface area contributed by atoms with Gasteiger partial charge >= 0.3 is 0 Å². The SMILES string of the molecule is CCCc1ccc(N2CC(C(=O)NCC(C)NC)CC2=O)cc1. The molecule has 1 fully saturated rings. The molecule has 2 rings (SSSR count). The smallest absolute Gasteiger partial charge is 0.227 e. The fraction of sp³-hybridized carbons (Fsp3) is 0.556. The van der Waals surface area contributed by atoms with Crippen molar-refractivity contribution in [3.63, 3.8) is 0 Å². The summed E-state index contributed by atoms with van der Waals surface area (Å²) in [5, 5.41) is 5.99. The summed E-state index contributed by atoms with van der Waals surface area (Å²) in [6.45, 7) is 5.19. The van der Waals surface area contributed by atoms with Crippen LogP contribution >= 0.6 is 0 Å². The number of amides is 2. The van der Waals surface area contributed by atoms with Gasteiger partial charge in [0.25, 0.3) is 0 Å². The largest absolute Gasteiger partial charge is 0.354 e. The lowest BCUT2D eigenvalue weighted by Crippen LogP contribution is -2.40. The quantitative estimate of drug-likeness (QED) is 0.805. The second-order valence-corrected chi connectivity index (χ2v) is 6.26. The number of carbonyl (C=O) groups is 2. The second-order valence-electron chi connectivity index (χ2n) is 6.26. The van der Waals surface area contributed by atoms with Gasteiger partial charge in [0.2, 0.25) is 11.8 Å². The first-order valence-corrected chi connectivity index (χ1v) is 8.39. The summed E-state index contributed by atoms with van der Waals surface area (Å²) in [5.74, 6) is -0.275. The number of benzene rings is 1. The highest BCUT2D eigenvalue weighted by Crippen LogP contribution is 2.25. The van der Waals surface area contributed by atoms with Gasteiger partial charge in [0.1, 0.15) is 0 Å². The molecular formula is C18H27N3O2. The molecule has 2 amide bonds. The number of hydrogen-bond acceptors (Lipinski definition) is 3. The monoisotopic (exact) mass is 317 g/mol. The van der Waals surface area contributed by atoms with Gasteiger partial charge in [-0.05, 0) is 38.1 Å². The summed E-state index contributed by atoms with van der Waals surface area (Å²) in [6.07, 6.45) is 2.44. The van der Waals surface area contributed by atoms with E-state index >= 15 is 0 Å². The Morgan fingerprint density at radius 1 is 1.35 bits per heavy atom. The van der Waals surface area contributed by atoms with Crippen molar-refractivity contribution in [2.24, 2.45) is 5.92 Å². The van der Waals surface area contributed by atoms with Crippen LogP contribution in [0.15, 0.2) is 24.3 Å². The van der Waals surface area contributed by atoms with Crippen LogP contribution in [0.25, 0.3) is 0 Å². The zero-order chi connectivity index (χ0) is 16.8. The summed E-state index contributed by atoms with van der Waals surface area (Å²) >= 11 is 0. The van der Waals surface area contributed by atoms with Crippen LogP contribution in [-0.2, 0) is 16.0 Å². The molecule has 126 valence electrons. The highest BCUT2D eigenvalue weighted by Gasteiger charge is 2.35. The number of nitrogens with zero attached hydrogens (tertiary/aromatic N) is 1. The Morgan fingerprint density at radius 2 is 2.04 bits per heavy atom. The minimum absolute atomic E-state index is 0.0232. The zero-order valence-corrected chi connectivity index (χ0v) is 14.3. The number of rotatable bonds is 7. The van der Waals surface area contributed by atoms with E-state index in [2.05, 4.69) is 29.7 Å². The lowest BCUT2D eigenvalue weighted by Gasteiger charge is -2.18. The third-order valence-corrected chi connectivity index (χ3v) is 4.36. The maximum atomic E-state index is 12.2. The molecule has 5 heteroatoms. The minimum atomic E-state index is -0.262. The van der Waals surface area contributed by atoms with Crippen molar-refractivity contribution in [1.29, 1.82) is 0 Å². The van der Waals surface area contributed by atoms with Gasteiger partial charge in [0, 0.05) is 31.2 Å². The maximum Gasteiger partial charge on any atom is 0.227 e. The number of likely N-dealkylation sites (N-methyl/N-ethyl adjacent to an activating group) is 1. The zero-order valence-electron chi connectivity index (χ0n) is 14.3. The normalized spacial score (nSPS) is 19.0. The molecule has 1 aromatic carbocycles. The molecule has 2 N–H and O–H groups in total. The van der Waals surface area contributed by atoms with Gasteiger partial charge in [-0.2, -0.15) is 0 Å². The van der Waals surface area contributed by atoms with Crippen LogP contribution in [0.3, 0.4) is 0 Å². The third kappa shape index (κ3) is 4.55. The first-order valence-electron chi connectivity index (χ1n) is 8.39. The maximum absolute atomic E-state index is 12.2. The highest BCUT2D eigenvalue weighted by molar-refractivity contribution is 6.00. The van der Waals surface area contributed by atoms with Gasteiger partial charge in [-0.1, -0.05) is 25.5 Å². The molecule has 2 atom stereocenters. The molecule has 0 aromatic heterocycles. The van der Waals surface area contributed by atoms with Crippen molar-refractivity contribution in [2.45, 2.75) is 39.2 Å². The van der Waals surface area contributed by atoms with Gasteiger partial charge < -0.3 is 15.5 Å². The van der Waals surface area contributed by atoms with Gasteiger partial charge in [0.05, 0.1) is 5.92 Å². The number of anilines is 1. The van der Waals surface area contributed by atoms with E-state index in [9.17, 15) is 9.59 Å². The second kappa shape index (κ2) is 8.11. The van der Waals surface area contributed by atoms with Crippen molar-refractivity contribution in [2.75, 3.05) is 25.0 Å². The average molecular weight is 317 g/mol. The van der Waals surface area contributed by atoms with Crippen LogP contribution in [0.5, 0.6) is 0 Å². The molecule has 1 aromatic rings. The number of nitrogens with one attached hydrogen (secondary N) is 2. The van der Waals surface area contributed by atoms with Crippen molar-refractivity contribution in [1.82, 2.24) is 10.6 Å². The van der Waals surface area contributed by atoms with Crippen LogP contribution < -0.4 is 15.5 Å². The van der Waals surface area contributed by atoms with Crippen LogP contribution in [0.2, 0.25) is 0 Å². The molecule has 23 heavy (non-hydrogen) atoms. The van der Waals surface area contributed by atoms with E-state index in [1.807, 2.05) is 26.1 Å². The molecule has 0 saturated carbocycles. The summed E-state index contributed by atoms with van der Waals surface area (Å²) in [7, 11) is 1.86. The molecule has 1 saturated heterocycles. The first kappa shape index (κ1) is 17.5. The van der Waals surface area contributed by atoms with Crippen LogP contribution in [0.1, 0.15) is 32.3 Å². The van der Waals surface area contributed by atoms with E-state index in [0.717, 1.165) is 18.5 Å². The highest BCUT2D eigenvalue weighted by atomic mass is 16.2. The molecule has 1 aliphatic heterocycles. The fourth-order valence-electron chi connectivity index (χ4n) is 2.76. The Kier molecular flexibility index (Phi) is 6.16. The lowest BCUT2D eigenvalue weighted by atomic mass is 10.1. The minimum Gasteiger partial charge on any atom is -0.354 e. The van der Waals surface area contributed by atoms with Crippen molar-refractivity contribution < 1.29 is 9.59 Å². The Bertz CT molecular complexity index is 542. The Morgan fingerprint density at radius 3 is 2.65 bits per heavy atom. The van der Waals surface area contributed by atoms with Crippen LogP contribution in [0.4, 0.5) is 5.69 Å². The molecule has 2 unspecified atom stereocenters. The van der Waals surface area contributed by atoms with E-state index in [-0.39, 0.29) is 30.2 Å². The van der Waals surface area contributed by atoms with E-state index in [4.69, 9.17) is 0 Å². The van der Waals surface area contributed by atoms with Gasteiger partial charge in [0.15, 0.2) is 0 Å². The Balaban J connectivity index is 1.95. The molecule has 0 bridgehead atoms. The topological polar surface area (TPSA) is 61.4 Å². The fourth-order valence-corrected chi connectivity index (χ4v) is 2.76. The summed E-state index contributed by atoms with van der Waals surface area (Å²) in [4.78, 5) is 26.2. The number of aryl methyl sites for hydroxylation is 1. The molecular weight excluding hydrogens is 290 g/mol. The first-order chi connectivity index (χ1) is 11.0. The lowest BCUT2D eigenvalue weighted by molar-refractivity contribution is -0.126. The summed E-state index contributed by atoms with van der Waals surface area (Å²) < 4.78 is 0. The average Bonchev–Trinajstić information content (AvgIpc) is 2.95. The predicted octanol–water partition coefficient (Wildman–Crippen LogP) is 1.72. The molecule has 1 heterocycles. The van der Waals surface area contributed by atoms with Crippen molar-refractivity contribution in [3.8, 4) is 0 Å². The molecule has 0 spiro atoms. The van der Waals surface area contributed by atoms with Crippen molar-refractivity contribution in [3.05, 3.63) is 29.8 Å². The summed E-state index contributed by atoms with van der Waals surface area (Å²) in [6, 6.07) is 8.30. The van der Waals surface area contributed by atoms with Crippen molar-refractivity contribution >= 4 is 17.5 Å². The standard InChI is InChI=1S/C18H27N3O2/c1-4-5-14-6-8-16(9-7-14)21-12-15(10-17(21)22)18(23)20-11-13(2)19-3/h6-9,13,15,19H,4-5,10-12H2,1-3H3,(H,20,23). The number of hydrogen-bond donors (Lipinski definition) is 2. The summed E-state index contributed by atoms with van der Waals surface area (Å²) in [5.41, 5.74) is 2.16. The molecule has 5 nitrogen and oxygen atoms in total. The Hall–Kier alpha value is -1.88. The van der Waals surface area contributed by atoms with Crippen LogP contribution in [-0.4, -0.2) is 38.0 Å². The van der Waals surface area contributed by atoms with Gasteiger partial charge in [-0.15, -0.1) is 0 Å². The van der Waals surface area contributed by atoms with Crippen LogP contribution in [0, 0.1) is 5.92 Å². The molecule has 1 aliphatic rings. The third-order valence-electron chi connectivity index (χ3n) is 4.36. The van der Waals surface area contributed by atoms with Gasteiger partial charge in [-0.25, -0.2) is 0 Å². The van der Waals surface area contributed by atoms with E-state index in [1.54, 1.807) is 4.90 Å². The Labute approximate surface area is 138 Å². The molecule has 0 radical (unpaired) electrons. The van der Waals surface area contributed by atoms with E-state index in [1.165, 1.54) is 5.56 Å². The van der Waals surface area contributed by atoms with Gasteiger partial charge in [-0.3, -0.25) is 9.59 Å². The predicted molar refractivity (Wildman–Crippen MR) is 92.4 cm³/mol. The number of carbonyl (C=O) groups excluding carboxylic acids is 2. The van der Waals surface area contributed by atoms with E-state index in [0.29, 0.717) is 13.1 Å². The van der Waals surface area contributed by atoms with E-state index < -0.39 is 0 Å². The molecule has 0 aliphatic carbocycles.